The van der Waals surface area contributed by atoms with Gasteiger partial charge in [-0.25, -0.2) is 11.1 Å². The first-order valence-electron chi connectivity index (χ1n) is 8.37. The zero-order chi connectivity index (χ0) is 19.1. The van der Waals surface area contributed by atoms with Crippen molar-refractivity contribution in [3.8, 4) is 22.4 Å². The molecule has 0 unspecified atom stereocenters. The number of halogens is 2. The molecule has 1 heterocycles. The maximum atomic E-state index is 12.7. The van der Waals surface area contributed by atoms with Gasteiger partial charge in [-0.1, -0.05) is 6.07 Å². The van der Waals surface area contributed by atoms with Crippen molar-refractivity contribution in [2.45, 2.75) is 6.92 Å². The van der Waals surface area contributed by atoms with E-state index in [2.05, 4.69) is 39.1 Å². The van der Waals surface area contributed by atoms with Crippen LogP contribution in [0.5, 0.6) is 0 Å². The Hall–Kier alpha value is -2.13. The van der Waals surface area contributed by atoms with Crippen LogP contribution in [-0.4, -0.2) is 4.98 Å². The van der Waals surface area contributed by atoms with Crippen molar-refractivity contribution in [1.82, 2.24) is 4.98 Å². The Bertz CT molecular complexity index is 953. The van der Waals surface area contributed by atoms with Crippen LogP contribution >= 0.6 is 15.9 Å². The second kappa shape index (κ2) is 11.0. The number of rotatable bonds is 2. The molecule has 4 aromatic rings. The zero-order valence-electron chi connectivity index (χ0n) is 15.0. The molecule has 0 radical (unpaired) electrons. The first kappa shape index (κ1) is 22.2. The standard InChI is InChI=1S/C12H8BrFN.C12H8.Ir/c1-8-6-12(15-7-11(8)13)9-2-4-10(14)5-3-9;1-3-7-11(8-4-1)12-9-5-2-6-10-12;/h2,4-7H,1H3;1-7,9H;/q-1;-2;+3. The molecule has 0 saturated carbocycles. The van der Waals surface area contributed by atoms with Crippen LogP contribution in [0.15, 0.2) is 83.5 Å². The van der Waals surface area contributed by atoms with Gasteiger partial charge in [-0.3, -0.25) is 4.39 Å². The maximum absolute atomic E-state index is 12.7. The Labute approximate surface area is 187 Å². The van der Waals surface area contributed by atoms with Gasteiger partial charge in [0.15, 0.2) is 0 Å². The van der Waals surface area contributed by atoms with Crippen LogP contribution < -0.4 is 0 Å². The third-order valence-electron chi connectivity index (χ3n) is 3.81. The fraction of sp³-hybridized carbons (Fsp3) is 0.0417. The first-order chi connectivity index (χ1) is 13.1. The van der Waals surface area contributed by atoms with Gasteiger partial charge in [-0.15, -0.1) is 42.0 Å². The number of nitrogens with zero attached hydrogens (tertiary/aromatic N) is 1. The monoisotopic (exact) mass is 609 g/mol. The van der Waals surface area contributed by atoms with Crippen LogP contribution in [0.2, 0.25) is 0 Å². The van der Waals surface area contributed by atoms with Crippen molar-refractivity contribution in [3.05, 3.63) is 113 Å². The SMILES string of the molecule is Cc1cc(-c2[c-]cc(F)cc2)ncc1Br.[Ir+3].[c-]1ccccc1-c1[c-]cccc1. The van der Waals surface area contributed by atoms with Crippen molar-refractivity contribution >= 4 is 15.9 Å². The van der Waals surface area contributed by atoms with Crippen LogP contribution in [0.1, 0.15) is 5.56 Å². The van der Waals surface area contributed by atoms with Crippen LogP contribution in [0.25, 0.3) is 22.4 Å². The van der Waals surface area contributed by atoms with Gasteiger partial charge >= 0.3 is 20.1 Å². The Morgan fingerprint density at radius 3 is 1.96 bits per heavy atom. The van der Waals surface area contributed by atoms with Crippen LogP contribution in [0, 0.1) is 30.9 Å². The fourth-order valence-corrected chi connectivity index (χ4v) is 2.59. The molecule has 1 nitrogen and oxygen atoms in total. The molecule has 0 amide bonds. The van der Waals surface area contributed by atoms with E-state index in [1.165, 1.54) is 12.1 Å². The molecule has 4 rings (SSSR count). The number of aryl methyl sites for hydroxylation is 1. The molecule has 0 saturated heterocycles. The van der Waals surface area contributed by atoms with Gasteiger partial charge in [-0.05, 0) is 34.1 Å². The third-order valence-corrected chi connectivity index (χ3v) is 4.64. The topological polar surface area (TPSA) is 12.9 Å². The van der Waals surface area contributed by atoms with E-state index in [-0.39, 0.29) is 25.9 Å². The number of hydrogen-bond acceptors (Lipinski definition) is 1. The smallest absolute Gasteiger partial charge is 0.304 e. The van der Waals surface area contributed by atoms with Gasteiger partial charge in [0.25, 0.3) is 0 Å². The minimum atomic E-state index is -0.285. The molecular weight excluding hydrogens is 593 g/mol. The molecule has 4 heteroatoms. The molecule has 0 spiro atoms. The summed E-state index contributed by atoms with van der Waals surface area (Å²) >= 11 is 3.38. The molecule has 0 aliphatic heterocycles. The normalized spacial score (nSPS) is 9.68. The van der Waals surface area contributed by atoms with Crippen LogP contribution in [-0.2, 0) is 20.1 Å². The largest absolute Gasteiger partial charge is 3.00 e. The molecular formula is C24H16BrFIrN. The Kier molecular flexibility index (Phi) is 8.72. The average Bonchev–Trinajstić information content (AvgIpc) is 2.72. The van der Waals surface area contributed by atoms with E-state index in [1.807, 2.05) is 61.5 Å². The third kappa shape index (κ3) is 6.20. The summed E-state index contributed by atoms with van der Waals surface area (Å²) in [5.74, 6) is -0.285. The minimum absolute atomic E-state index is 0. The number of aromatic nitrogens is 1. The van der Waals surface area contributed by atoms with Crippen molar-refractivity contribution < 1.29 is 24.5 Å². The molecule has 0 N–H and O–H groups in total. The summed E-state index contributed by atoms with van der Waals surface area (Å²) in [6, 6.07) is 31.3. The molecule has 0 aliphatic rings. The predicted octanol–water partition coefficient (Wildman–Crippen LogP) is 6.71. The molecule has 28 heavy (non-hydrogen) atoms. The van der Waals surface area contributed by atoms with Crippen molar-refractivity contribution in [3.63, 3.8) is 0 Å². The number of benzene rings is 3. The summed E-state index contributed by atoms with van der Waals surface area (Å²) in [4.78, 5) is 4.24. The molecule has 0 aliphatic carbocycles. The molecule has 0 fully saturated rings. The Morgan fingerprint density at radius 2 is 1.50 bits per heavy atom. The van der Waals surface area contributed by atoms with Crippen molar-refractivity contribution in [2.75, 3.05) is 0 Å². The van der Waals surface area contributed by atoms with E-state index in [9.17, 15) is 4.39 Å². The van der Waals surface area contributed by atoms with E-state index in [1.54, 1.807) is 12.3 Å². The van der Waals surface area contributed by atoms with Crippen molar-refractivity contribution in [2.24, 2.45) is 0 Å². The maximum Gasteiger partial charge on any atom is 3.00 e. The summed E-state index contributed by atoms with van der Waals surface area (Å²) < 4.78 is 13.7. The van der Waals surface area contributed by atoms with Gasteiger partial charge in [-0.2, -0.15) is 48.5 Å². The molecule has 1 aromatic heterocycles. The zero-order valence-corrected chi connectivity index (χ0v) is 19.0. The van der Waals surface area contributed by atoms with Gasteiger partial charge < -0.3 is 4.98 Å². The van der Waals surface area contributed by atoms with Gasteiger partial charge in [0.05, 0.1) is 0 Å². The van der Waals surface area contributed by atoms with Gasteiger partial charge in [0.1, 0.15) is 0 Å². The van der Waals surface area contributed by atoms with E-state index < -0.39 is 0 Å². The van der Waals surface area contributed by atoms with Gasteiger partial charge in [0.2, 0.25) is 0 Å². The number of pyridine rings is 1. The first-order valence-corrected chi connectivity index (χ1v) is 9.16. The van der Waals surface area contributed by atoms with E-state index in [4.69, 9.17) is 0 Å². The Balaban J connectivity index is 0.000000198. The summed E-state index contributed by atoms with van der Waals surface area (Å²) in [6.45, 7) is 1.98. The van der Waals surface area contributed by atoms with E-state index in [0.29, 0.717) is 0 Å². The summed E-state index contributed by atoms with van der Waals surface area (Å²) in [5.41, 5.74) is 4.89. The molecule has 0 atom stereocenters. The summed E-state index contributed by atoms with van der Waals surface area (Å²) in [6.07, 6.45) is 1.74. The van der Waals surface area contributed by atoms with Crippen molar-refractivity contribution in [1.29, 1.82) is 0 Å². The molecule has 140 valence electrons. The minimum Gasteiger partial charge on any atom is -0.304 e. The van der Waals surface area contributed by atoms with Crippen LogP contribution in [0.4, 0.5) is 4.39 Å². The van der Waals surface area contributed by atoms with E-state index >= 15 is 0 Å². The average molecular weight is 610 g/mol. The fourth-order valence-electron chi connectivity index (χ4n) is 2.37. The van der Waals surface area contributed by atoms with Gasteiger partial charge in [0, 0.05) is 16.5 Å². The Morgan fingerprint density at radius 1 is 0.857 bits per heavy atom. The predicted molar refractivity (Wildman–Crippen MR) is 110 cm³/mol. The number of hydrogen-bond donors (Lipinski definition) is 0. The quantitative estimate of drug-likeness (QED) is 0.231. The molecule has 0 bridgehead atoms. The summed E-state index contributed by atoms with van der Waals surface area (Å²) in [5, 5.41) is 0. The second-order valence-corrected chi connectivity index (χ2v) is 6.65. The van der Waals surface area contributed by atoms with E-state index in [0.717, 1.165) is 32.4 Å². The summed E-state index contributed by atoms with van der Waals surface area (Å²) in [7, 11) is 0. The molecule has 3 aromatic carbocycles. The second-order valence-electron chi connectivity index (χ2n) is 5.79. The van der Waals surface area contributed by atoms with Crippen LogP contribution in [0.3, 0.4) is 0 Å².